The molecular weight excluding hydrogens is 264 g/mol. The molecule has 0 N–H and O–H groups in total. The molecule has 1 heterocycles. The number of carbonyl (C=O) groups is 1. The number of alkyl halides is 1. The molecular formula is C14H21ClN2O2. The summed E-state index contributed by atoms with van der Waals surface area (Å²) in [6.07, 6.45) is 3.27. The number of ether oxygens (including phenoxy) is 1. The maximum absolute atomic E-state index is 11.7. The molecule has 0 bridgehead atoms. The van der Waals surface area contributed by atoms with E-state index in [1.165, 1.54) is 6.20 Å². The molecule has 19 heavy (non-hydrogen) atoms. The lowest BCUT2D eigenvalue weighted by Gasteiger charge is -2.17. The SMILES string of the molecule is CCOC(=O)c1cnc(CCC(C)(C)C)nc1CCl. The molecule has 0 atom stereocenters. The molecule has 106 valence electrons. The van der Waals surface area contributed by atoms with Gasteiger partial charge >= 0.3 is 5.97 Å². The highest BCUT2D eigenvalue weighted by Crippen LogP contribution is 2.21. The van der Waals surface area contributed by atoms with Crippen LogP contribution in [0.1, 0.15) is 56.0 Å². The van der Waals surface area contributed by atoms with Gasteiger partial charge in [-0.05, 0) is 18.8 Å². The zero-order valence-electron chi connectivity index (χ0n) is 12.0. The maximum Gasteiger partial charge on any atom is 0.341 e. The number of rotatable bonds is 5. The number of carbonyl (C=O) groups excluding carboxylic acids is 1. The first-order valence-corrected chi connectivity index (χ1v) is 6.98. The Morgan fingerprint density at radius 2 is 2.11 bits per heavy atom. The summed E-state index contributed by atoms with van der Waals surface area (Å²) in [5.41, 5.74) is 1.12. The van der Waals surface area contributed by atoms with Crippen LogP contribution >= 0.6 is 11.6 Å². The van der Waals surface area contributed by atoms with Crippen LogP contribution in [-0.4, -0.2) is 22.5 Å². The van der Waals surface area contributed by atoms with Crippen LogP contribution in [0.3, 0.4) is 0 Å². The van der Waals surface area contributed by atoms with Crippen molar-refractivity contribution in [2.45, 2.75) is 46.4 Å². The standard InChI is InChI=1S/C14H21ClN2O2/c1-5-19-13(18)10-9-16-12(17-11(10)8-15)6-7-14(2,3)4/h9H,5-8H2,1-4H3. The van der Waals surface area contributed by atoms with Gasteiger partial charge in [0.2, 0.25) is 0 Å². The molecule has 4 nitrogen and oxygen atoms in total. The lowest BCUT2D eigenvalue weighted by Crippen LogP contribution is -2.13. The molecule has 0 fully saturated rings. The van der Waals surface area contributed by atoms with E-state index in [0.29, 0.717) is 17.9 Å². The molecule has 5 heteroatoms. The van der Waals surface area contributed by atoms with Gasteiger partial charge in [0.15, 0.2) is 0 Å². The summed E-state index contributed by atoms with van der Waals surface area (Å²) in [6, 6.07) is 0. The summed E-state index contributed by atoms with van der Waals surface area (Å²) >= 11 is 5.84. The number of halogens is 1. The van der Waals surface area contributed by atoms with E-state index in [4.69, 9.17) is 16.3 Å². The van der Waals surface area contributed by atoms with Crippen LogP contribution in [-0.2, 0) is 17.0 Å². The molecule has 0 aliphatic heterocycles. The normalized spacial score (nSPS) is 11.4. The van der Waals surface area contributed by atoms with Crippen molar-refractivity contribution in [2.24, 2.45) is 5.41 Å². The predicted molar refractivity (Wildman–Crippen MR) is 75.3 cm³/mol. The van der Waals surface area contributed by atoms with Crippen LogP contribution in [0.4, 0.5) is 0 Å². The third-order valence-corrected chi connectivity index (χ3v) is 2.89. The van der Waals surface area contributed by atoms with Gasteiger partial charge in [0.25, 0.3) is 0 Å². The number of aromatic nitrogens is 2. The van der Waals surface area contributed by atoms with Gasteiger partial charge in [-0.15, -0.1) is 11.6 Å². The lowest BCUT2D eigenvalue weighted by molar-refractivity contribution is 0.0524. The maximum atomic E-state index is 11.7. The Kier molecular flexibility index (Phi) is 5.73. The number of aryl methyl sites for hydroxylation is 1. The van der Waals surface area contributed by atoms with Gasteiger partial charge in [0, 0.05) is 12.6 Å². The average Bonchev–Trinajstić information content (AvgIpc) is 2.35. The Morgan fingerprint density at radius 1 is 1.42 bits per heavy atom. The van der Waals surface area contributed by atoms with Crippen molar-refractivity contribution in [1.29, 1.82) is 0 Å². The van der Waals surface area contributed by atoms with Crippen molar-refractivity contribution < 1.29 is 9.53 Å². The van der Waals surface area contributed by atoms with E-state index in [1.807, 2.05) is 0 Å². The van der Waals surface area contributed by atoms with Gasteiger partial charge in [-0.3, -0.25) is 0 Å². The molecule has 0 aliphatic carbocycles. The zero-order valence-corrected chi connectivity index (χ0v) is 12.8. The first-order chi connectivity index (χ1) is 8.87. The molecule has 0 spiro atoms. The fourth-order valence-electron chi connectivity index (χ4n) is 1.55. The van der Waals surface area contributed by atoms with Gasteiger partial charge in [0.05, 0.1) is 18.2 Å². The molecule has 0 saturated carbocycles. The third kappa shape index (κ3) is 5.15. The summed E-state index contributed by atoms with van der Waals surface area (Å²) in [5, 5.41) is 0. The van der Waals surface area contributed by atoms with Crippen LogP contribution in [0.15, 0.2) is 6.20 Å². The van der Waals surface area contributed by atoms with E-state index in [2.05, 4.69) is 30.7 Å². The Labute approximate surface area is 119 Å². The van der Waals surface area contributed by atoms with Crippen LogP contribution in [0.25, 0.3) is 0 Å². The van der Waals surface area contributed by atoms with Gasteiger partial charge in [-0.1, -0.05) is 20.8 Å². The number of hydrogen-bond donors (Lipinski definition) is 0. The summed E-state index contributed by atoms with van der Waals surface area (Å²) < 4.78 is 4.95. The smallest absolute Gasteiger partial charge is 0.341 e. The fourth-order valence-corrected chi connectivity index (χ4v) is 1.75. The second-order valence-corrected chi connectivity index (χ2v) is 5.83. The van der Waals surface area contributed by atoms with Gasteiger partial charge in [-0.25, -0.2) is 14.8 Å². The van der Waals surface area contributed by atoms with Gasteiger partial charge in [-0.2, -0.15) is 0 Å². The lowest BCUT2D eigenvalue weighted by atomic mass is 9.90. The molecule has 1 aromatic heterocycles. The van der Waals surface area contributed by atoms with E-state index in [-0.39, 0.29) is 11.3 Å². The Hall–Kier alpha value is -1.16. The zero-order chi connectivity index (χ0) is 14.5. The van der Waals surface area contributed by atoms with E-state index < -0.39 is 5.97 Å². The minimum Gasteiger partial charge on any atom is -0.462 e. The largest absolute Gasteiger partial charge is 0.462 e. The van der Waals surface area contributed by atoms with E-state index >= 15 is 0 Å². The van der Waals surface area contributed by atoms with Gasteiger partial charge in [0.1, 0.15) is 11.4 Å². The number of nitrogens with zero attached hydrogens (tertiary/aromatic N) is 2. The predicted octanol–water partition coefficient (Wildman–Crippen LogP) is 3.37. The highest BCUT2D eigenvalue weighted by molar-refractivity contribution is 6.17. The summed E-state index contributed by atoms with van der Waals surface area (Å²) in [6.45, 7) is 8.59. The van der Waals surface area contributed by atoms with Crippen molar-refractivity contribution in [3.63, 3.8) is 0 Å². The molecule has 0 radical (unpaired) electrons. The van der Waals surface area contributed by atoms with Crippen LogP contribution < -0.4 is 0 Å². The molecule has 0 aliphatic rings. The number of hydrogen-bond acceptors (Lipinski definition) is 4. The molecule has 0 unspecified atom stereocenters. The summed E-state index contributed by atoms with van der Waals surface area (Å²) in [7, 11) is 0. The first kappa shape index (κ1) is 15.9. The van der Waals surface area contributed by atoms with Crippen molar-refractivity contribution in [1.82, 2.24) is 9.97 Å². The van der Waals surface area contributed by atoms with Crippen molar-refractivity contribution in [3.8, 4) is 0 Å². The highest BCUT2D eigenvalue weighted by atomic mass is 35.5. The first-order valence-electron chi connectivity index (χ1n) is 6.45. The van der Waals surface area contributed by atoms with Crippen LogP contribution in [0.5, 0.6) is 0 Å². The Bertz CT molecular complexity index is 442. The minimum atomic E-state index is -0.416. The fraction of sp³-hybridized carbons (Fsp3) is 0.643. The van der Waals surface area contributed by atoms with E-state index in [1.54, 1.807) is 6.92 Å². The molecule has 1 rings (SSSR count). The molecule has 0 amide bonds. The number of esters is 1. The van der Waals surface area contributed by atoms with Crippen LogP contribution in [0, 0.1) is 5.41 Å². The van der Waals surface area contributed by atoms with E-state index in [0.717, 1.165) is 18.7 Å². The van der Waals surface area contributed by atoms with Crippen LogP contribution in [0.2, 0.25) is 0 Å². The average molecular weight is 285 g/mol. The monoisotopic (exact) mass is 284 g/mol. The van der Waals surface area contributed by atoms with E-state index in [9.17, 15) is 4.79 Å². The van der Waals surface area contributed by atoms with Crippen molar-refractivity contribution in [3.05, 3.63) is 23.3 Å². The second kappa shape index (κ2) is 6.85. The quantitative estimate of drug-likeness (QED) is 0.614. The van der Waals surface area contributed by atoms with Crippen molar-refractivity contribution >= 4 is 17.6 Å². The Morgan fingerprint density at radius 3 is 2.63 bits per heavy atom. The summed E-state index contributed by atoms with van der Waals surface area (Å²) in [5.74, 6) is 0.485. The Balaban J connectivity index is 2.86. The minimum absolute atomic E-state index is 0.180. The van der Waals surface area contributed by atoms with Gasteiger partial charge < -0.3 is 4.74 Å². The molecule has 0 aromatic carbocycles. The van der Waals surface area contributed by atoms with Crippen molar-refractivity contribution in [2.75, 3.05) is 6.61 Å². The highest BCUT2D eigenvalue weighted by Gasteiger charge is 2.16. The summed E-state index contributed by atoms with van der Waals surface area (Å²) in [4.78, 5) is 20.3. The molecule has 1 aromatic rings. The topological polar surface area (TPSA) is 52.1 Å². The third-order valence-electron chi connectivity index (χ3n) is 2.64. The molecule has 0 saturated heterocycles. The second-order valence-electron chi connectivity index (χ2n) is 5.56.